The Morgan fingerprint density at radius 3 is 2.67 bits per heavy atom. The second kappa shape index (κ2) is 6.98. The third-order valence-corrected chi connectivity index (χ3v) is 4.83. The van der Waals surface area contributed by atoms with Crippen LogP contribution in [0.25, 0.3) is 11.3 Å². The Kier molecular flexibility index (Phi) is 4.51. The fourth-order valence-corrected chi connectivity index (χ4v) is 3.32. The van der Waals surface area contributed by atoms with Gasteiger partial charge in [-0.2, -0.15) is 0 Å². The van der Waals surface area contributed by atoms with Crippen molar-refractivity contribution in [2.75, 3.05) is 6.54 Å². The number of hydrogen-bond donors (Lipinski definition) is 0. The van der Waals surface area contributed by atoms with Crippen molar-refractivity contribution in [1.29, 1.82) is 0 Å². The maximum atomic E-state index is 13.1. The SMILES string of the molecule is CC(C)c1cc(C2CCCN2C(=O)c2cc(-c3ccc(F)cc3)on2)no1. The number of halogens is 1. The van der Waals surface area contributed by atoms with E-state index in [0.717, 1.165) is 24.3 Å². The minimum Gasteiger partial charge on any atom is -0.361 e. The van der Waals surface area contributed by atoms with Crippen molar-refractivity contribution in [3.8, 4) is 11.3 Å². The maximum Gasteiger partial charge on any atom is 0.276 e. The number of hydrogen-bond acceptors (Lipinski definition) is 5. The summed E-state index contributed by atoms with van der Waals surface area (Å²) in [6.07, 6.45) is 1.72. The lowest BCUT2D eigenvalue weighted by atomic mass is 10.1. The molecule has 1 aromatic carbocycles. The predicted molar refractivity (Wildman–Crippen MR) is 95.5 cm³/mol. The summed E-state index contributed by atoms with van der Waals surface area (Å²) >= 11 is 0. The second-order valence-electron chi connectivity index (χ2n) is 7.05. The van der Waals surface area contributed by atoms with Gasteiger partial charge in [0.1, 0.15) is 17.3 Å². The molecule has 4 rings (SSSR count). The molecule has 6 nitrogen and oxygen atoms in total. The van der Waals surface area contributed by atoms with Gasteiger partial charge in [-0.15, -0.1) is 0 Å². The third-order valence-electron chi connectivity index (χ3n) is 4.83. The molecule has 0 aliphatic carbocycles. The van der Waals surface area contributed by atoms with Gasteiger partial charge in [-0.05, 0) is 37.1 Å². The highest BCUT2D eigenvalue weighted by atomic mass is 19.1. The molecule has 140 valence electrons. The zero-order valence-corrected chi connectivity index (χ0v) is 15.2. The molecule has 0 radical (unpaired) electrons. The normalized spacial score (nSPS) is 17.0. The van der Waals surface area contributed by atoms with Crippen LogP contribution < -0.4 is 0 Å². The Hall–Kier alpha value is -2.96. The number of benzene rings is 1. The van der Waals surface area contributed by atoms with Crippen LogP contribution in [0.4, 0.5) is 4.39 Å². The minimum absolute atomic E-state index is 0.125. The van der Waals surface area contributed by atoms with Gasteiger partial charge < -0.3 is 13.9 Å². The Labute approximate surface area is 155 Å². The quantitative estimate of drug-likeness (QED) is 0.674. The predicted octanol–water partition coefficient (Wildman–Crippen LogP) is 4.57. The summed E-state index contributed by atoms with van der Waals surface area (Å²) < 4.78 is 23.8. The number of carbonyl (C=O) groups excluding carboxylic acids is 1. The topological polar surface area (TPSA) is 72.4 Å². The van der Waals surface area contributed by atoms with Crippen molar-refractivity contribution in [2.45, 2.75) is 38.6 Å². The van der Waals surface area contributed by atoms with Crippen LogP contribution >= 0.6 is 0 Å². The number of amides is 1. The third kappa shape index (κ3) is 3.37. The van der Waals surface area contributed by atoms with Crippen LogP contribution in [0.5, 0.6) is 0 Å². The first kappa shape index (κ1) is 17.5. The lowest BCUT2D eigenvalue weighted by Gasteiger charge is -2.21. The van der Waals surface area contributed by atoms with Gasteiger partial charge in [0.25, 0.3) is 5.91 Å². The number of likely N-dealkylation sites (tertiary alicyclic amines) is 1. The fraction of sp³-hybridized carbons (Fsp3) is 0.350. The number of nitrogens with zero attached hydrogens (tertiary/aromatic N) is 3. The first-order valence-electron chi connectivity index (χ1n) is 9.03. The minimum atomic E-state index is -0.331. The van der Waals surface area contributed by atoms with E-state index in [2.05, 4.69) is 10.3 Å². The Balaban J connectivity index is 1.55. The van der Waals surface area contributed by atoms with Crippen LogP contribution in [0.15, 0.2) is 45.4 Å². The molecule has 1 saturated heterocycles. The first-order valence-corrected chi connectivity index (χ1v) is 9.03. The van der Waals surface area contributed by atoms with E-state index in [0.29, 0.717) is 17.9 Å². The van der Waals surface area contributed by atoms with E-state index in [1.165, 1.54) is 12.1 Å². The summed E-state index contributed by atoms with van der Waals surface area (Å²) in [6, 6.07) is 9.25. The van der Waals surface area contributed by atoms with Crippen molar-refractivity contribution in [3.63, 3.8) is 0 Å². The monoisotopic (exact) mass is 369 g/mol. The number of aromatic nitrogens is 2. The lowest BCUT2D eigenvalue weighted by molar-refractivity contribution is 0.0720. The van der Waals surface area contributed by atoms with Crippen molar-refractivity contribution in [3.05, 3.63) is 59.4 Å². The summed E-state index contributed by atoms with van der Waals surface area (Å²) in [5, 5.41) is 8.08. The van der Waals surface area contributed by atoms with Gasteiger partial charge in [0.15, 0.2) is 11.5 Å². The van der Waals surface area contributed by atoms with Crippen LogP contribution in [-0.4, -0.2) is 27.7 Å². The molecule has 1 aliphatic rings. The van der Waals surface area contributed by atoms with Gasteiger partial charge >= 0.3 is 0 Å². The lowest BCUT2D eigenvalue weighted by Crippen LogP contribution is -2.30. The molecule has 1 amide bonds. The molecule has 1 aliphatic heterocycles. The molecule has 3 heterocycles. The number of rotatable bonds is 4. The summed E-state index contributed by atoms with van der Waals surface area (Å²) in [5.74, 6) is 0.944. The summed E-state index contributed by atoms with van der Waals surface area (Å²) in [4.78, 5) is 14.7. The van der Waals surface area contributed by atoms with E-state index in [4.69, 9.17) is 9.05 Å². The standard InChI is InChI=1S/C20H20FN3O3/c1-12(2)18-10-15(22-26-18)17-4-3-9-24(17)20(25)16-11-19(27-23-16)13-5-7-14(21)8-6-13/h5-8,10-12,17H,3-4,9H2,1-2H3. The van der Waals surface area contributed by atoms with Crippen LogP contribution in [0.3, 0.4) is 0 Å². The van der Waals surface area contributed by atoms with Gasteiger partial charge in [0, 0.05) is 30.2 Å². The van der Waals surface area contributed by atoms with E-state index >= 15 is 0 Å². The largest absolute Gasteiger partial charge is 0.361 e. The fourth-order valence-electron chi connectivity index (χ4n) is 3.32. The molecule has 2 aromatic heterocycles. The zero-order valence-electron chi connectivity index (χ0n) is 15.2. The van der Waals surface area contributed by atoms with Gasteiger partial charge in [-0.3, -0.25) is 4.79 Å². The number of carbonyl (C=O) groups is 1. The van der Waals surface area contributed by atoms with Crippen LogP contribution in [0.1, 0.15) is 60.6 Å². The van der Waals surface area contributed by atoms with Gasteiger partial charge in [-0.1, -0.05) is 24.2 Å². The highest BCUT2D eigenvalue weighted by molar-refractivity contribution is 5.93. The molecule has 1 fully saturated rings. The van der Waals surface area contributed by atoms with E-state index in [1.54, 1.807) is 23.1 Å². The highest BCUT2D eigenvalue weighted by Gasteiger charge is 2.34. The molecule has 7 heteroatoms. The van der Waals surface area contributed by atoms with Crippen molar-refractivity contribution >= 4 is 5.91 Å². The van der Waals surface area contributed by atoms with Gasteiger partial charge in [-0.25, -0.2) is 4.39 Å². The van der Waals surface area contributed by atoms with E-state index in [1.807, 2.05) is 19.9 Å². The Morgan fingerprint density at radius 1 is 1.19 bits per heavy atom. The average molecular weight is 369 g/mol. The molecular formula is C20H20FN3O3. The Bertz CT molecular complexity index is 946. The summed E-state index contributed by atoms with van der Waals surface area (Å²) in [5.41, 5.74) is 1.67. The maximum absolute atomic E-state index is 13.1. The molecule has 0 spiro atoms. The van der Waals surface area contributed by atoms with Crippen molar-refractivity contribution in [1.82, 2.24) is 15.2 Å². The Morgan fingerprint density at radius 2 is 1.96 bits per heavy atom. The molecule has 27 heavy (non-hydrogen) atoms. The van der Waals surface area contributed by atoms with Crippen LogP contribution in [0.2, 0.25) is 0 Å². The van der Waals surface area contributed by atoms with Crippen LogP contribution in [0, 0.1) is 5.82 Å². The summed E-state index contributed by atoms with van der Waals surface area (Å²) in [7, 11) is 0. The van der Waals surface area contributed by atoms with E-state index < -0.39 is 0 Å². The zero-order chi connectivity index (χ0) is 19.0. The highest BCUT2D eigenvalue weighted by Crippen LogP contribution is 2.34. The molecule has 0 saturated carbocycles. The average Bonchev–Trinajstić information content (AvgIpc) is 3.40. The molecule has 0 bridgehead atoms. The molecular weight excluding hydrogens is 349 g/mol. The van der Waals surface area contributed by atoms with Crippen LogP contribution in [-0.2, 0) is 0 Å². The van der Waals surface area contributed by atoms with Crippen molar-refractivity contribution < 1.29 is 18.2 Å². The van der Waals surface area contributed by atoms with Crippen molar-refractivity contribution in [2.24, 2.45) is 0 Å². The molecule has 0 N–H and O–H groups in total. The summed E-state index contributed by atoms with van der Waals surface area (Å²) in [6.45, 7) is 4.70. The van der Waals surface area contributed by atoms with Gasteiger partial charge in [0.2, 0.25) is 0 Å². The molecule has 3 aromatic rings. The van der Waals surface area contributed by atoms with Gasteiger partial charge in [0.05, 0.1) is 6.04 Å². The smallest absolute Gasteiger partial charge is 0.276 e. The van der Waals surface area contributed by atoms with E-state index in [-0.39, 0.29) is 29.4 Å². The molecule has 1 atom stereocenters. The second-order valence-corrected chi connectivity index (χ2v) is 7.05. The molecule has 1 unspecified atom stereocenters. The van der Waals surface area contributed by atoms with E-state index in [9.17, 15) is 9.18 Å². The first-order chi connectivity index (χ1) is 13.0.